The number of rotatable bonds is 9. The van der Waals surface area contributed by atoms with Crippen molar-refractivity contribution in [3.63, 3.8) is 0 Å². The molecule has 0 spiro atoms. The molecule has 0 saturated carbocycles. The zero-order valence-electron chi connectivity index (χ0n) is 21.5. The Morgan fingerprint density at radius 2 is 1.41 bits per heavy atom. The maximum absolute atomic E-state index is 4.91. The number of pyridine rings is 1. The fourth-order valence-corrected chi connectivity index (χ4v) is 12.8. The van der Waals surface area contributed by atoms with Crippen LogP contribution >= 0.6 is 0 Å². The van der Waals surface area contributed by atoms with Gasteiger partial charge in [-0.3, -0.25) is 0 Å². The highest BCUT2D eigenvalue weighted by atomic mass is 28.3. The molecule has 2 aromatic carbocycles. The first-order chi connectivity index (χ1) is 16.3. The van der Waals surface area contributed by atoms with Crippen LogP contribution in [0.1, 0.15) is 58.2 Å². The van der Waals surface area contributed by atoms with Crippen molar-refractivity contribution >= 4 is 25.0 Å². The molecule has 0 aliphatic carbocycles. The van der Waals surface area contributed by atoms with Crippen LogP contribution in [0.3, 0.4) is 0 Å². The molecule has 0 aliphatic rings. The number of fused-ring (bicyclic) bond motifs is 1. The second-order valence-corrected chi connectivity index (χ2v) is 16.2. The second-order valence-electron chi connectivity index (χ2n) is 10.5. The van der Waals surface area contributed by atoms with E-state index < -0.39 is 8.24 Å². The Balaban J connectivity index is 1.63. The van der Waals surface area contributed by atoms with Gasteiger partial charge >= 0.3 is 0 Å². The summed E-state index contributed by atoms with van der Waals surface area (Å²) in [6.07, 6.45) is 5.33. The molecular formula is C30H39N3Si. The van der Waals surface area contributed by atoms with Crippen molar-refractivity contribution in [3.05, 3.63) is 95.8 Å². The van der Waals surface area contributed by atoms with Crippen LogP contribution in [0.25, 0.3) is 11.0 Å². The van der Waals surface area contributed by atoms with E-state index in [9.17, 15) is 0 Å². The van der Waals surface area contributed by atoms with E-state index in [1.54, 1.807) is 0 Å². The predicted molar refractivity (Wildman–Crippen MR) is 149 cm³/mol. The smallest absolute Gasteiger partial charge is 0.171 e. The van der Waals surface area contributed by atoms with E-state index in [2.05, 4.69) is 124 Å². The van der Waals surface area contributed by atoms with Gasteiger partial charge in [-0.15, -0.1) is 0 Å². The third-order valence-corrected chi connectivity index (χ3v) is 14.3. The number of benzene rings is 2. The van der Waals surface area contributed by atoms with Gasteiger partial charge in [0.25, 0.3) is 0 Å². The van der Waals surface area contributed by atoms with Crippen molar-refractivity contribution < 1.29 is 0 Å². The molecule has 34 heavy (non-hydrogen) atoms. The quantitative estimate of drug-likeness (QED) is 0.250. The average Bonchev–Trinajstić information content (AvgIpc) is 3.17. The summed E-state index contributed by atoms with van der Waals surface area (Å²) in [6.45, 7) is 15.3. The van der Waals surface area contributed by atoms with Crippen molar-refractivity contribution in [2.24, 2.45) is 0 Å². The Kier molecular flexibility index (Phi) is 7.27. The molecule has 4 heteroatoms. The Bertz CT molecular complexity index is 1190. The molecule has 178 valence electrons. The first-order valence-electron chi connectivity index (χ1n) is 12.7. The number of hydrogen-bond donors (Lipinski definition) is 1. The minimum atomic E-state index is -1.87. The third-order valence-electron chi connectivity index (χ3n) is 7.53. The van der Waals surface area contributed by atoms with Crippen molar-refractivity contribution in [3.8, 4) is 0 Å². The van der Waals surface area contributed by atoms with Crippen LogP contribution in [0.5, 0.6) is 0 Å². The summed E-state index contributed by atoms with van der Waals surface area (Å²) in [5.74, 6) is 0. The molecule has 0 radical (unpaired) electrons. The lowest BCUT2D eigenvalue weighted by atomic mass is 10.0. The van der Waals surface area contributed by atoms with Crippen LogP contribution in [-0.2, 0) is 13.0 Å². The van der Waals surface area contributed by atoms with Crippen LogP contribution in [-0.4, -0.2) is 17.5 Å². The van der Waals surface area contributed by atoms with Gasteiger partial charge in [-0.1, -0.05) is 84.0 Å². The number of nitrogens with zero attached hydrogens (tertiary/aromatic N) is 2. The van der Waals surface area contributed by atoms with Crippen molar-refractivity contribution in [1.29, 1.82) is 0 Å². The molecule has 4 aromatic rings. The topological polar surface area (TPSA) is 29.9 Å². The average molecular weight is 470 g/mol. The number of aromatic nitrogens is 2. The fraction of sp³-hybridized carbons (Fsp3) is 0.367. The van der Waals surface area contributed by atoms with Crippen LogP contribution in [0, 0.1) is 0 Å². The van der Waals surface area contributed by atoms with Crippen molar-refractivity contribution in [1.82, 2.24) is 9.22 Å². The molecule has 0 amide bonds. The van der Waals surface area contributed by atoms with E-state index in [1.165, 1.54) is 27.7 Å². The lowest BCUT2D eigenvalue weighted by Crippen LogP contribution is -2.51. The summed E-state index contributed by atoms with van der Waals surface area (Å²) in [6, 6.07) is 23.8. The van der Waals surface area contributed by atoms with Crippen LogP contribution in [0.4, 0.5) is 5.69 Å². The molecule has 2 heterocycles. The number of hydrogen-bond acceptors (Lipinski definition) is 2. The highest BCUT2D eigenvalue weighted by Gasteiger charge is 2.46. The Labute approximate surface area is 206 Å². The van der Waals surface area contributed by atoms with E-state index >= 15 is 0 Å². The fourth-order valence-electron chi connectivity index (χ4n) is 6.16. The molecule has 0 fully saturated rings. The predicted octanol–water partition coefficient (Wildman–Crippen LogP) is 8.26. The van der Waals surface area contributed by atoms with Crippen LogP contribution < -0.4 is 5.32 Å². The van der Waals surface area contributed by atoms with E-state index in [0.29, 0.717) is 16.6 Å². The summed E-state index contributed by atoms with van der Waals surface area (Å²) in [5, 5.41) is 4.83. The Morgan fingerprint density at radius 1 is 0.765 bits per heavy atom. The Morgan fingerprint density at radius 3 is 2.03 bits per heavy atom. The monoisotopic (exact) mass is 469 g/mol. The van der Waals surface area contributed by atoms with E-state index in [1.807, 2.05) is 6.20 Å². The zero-order valence-corrected chi connectivity index (χ0v) is 22.5. The summed E-state index contributed by atoms with van der Waals surface area (Å²) in [4.78, 5) is 4.91. The minimum Gasteiger partial charge on any atom is -0.381 e. The molecule has 0 bridgehead atoms. The van der Waals surface area contributed by atoms with Crippen LogP contribution in [0.15, 0.2) is 79.1 Å². The molecule has 2 aromatic heterocycles. The molecule has 0 atom stereocenters. The molecule has 0 unspecified atom stereocenters. The lowest BCUT2D eigenvalue weighted by molar-refractivity contribution is 0.769. The largest absolute Gasteiger partial charge is 0.381 e. The van der Waals surface area contributed by atoms with E-state index in [-0.39, 0.29) is 0 Å². The third kappa shape index (κ3) is 4.56. The molecular weight excluding hydrogens is 430 g/mol. The van der Waals surface area contributed by atoms with Gasteiger partial charge in [0.15, 0.2) is 8.24 Å². The number of nitrogens with one attached hydrogen (secondary N) is 1. The van der Waals surface area contributed by atoms with Gasteiger partial charge in [0, 0.05) is 30.0 Å². The van der Waals surface area contributed by atoms with E-state index in [4.69, 9.17) is 4.98 Å². The summed E-state index contributed by atoms with van der Waals surface area (Å²) in [7, 11) is -1.87. The minimum absolute atomic E-state index is 0.632. The van der Waals surface area contributed by atoms with Crippen molar-refractivity contribution in [2.75, 3.05) is 5.32 Å². The summed E-state index contributed by atoms with van der Waals surface area (Å²) < 4.78 is 2.65. The van der Waals surface area contributed by atoms with Gasteiger partial charge in [-0.2, -0.15) is 0 Å². The highest BCUT2D eigenvalue weighted by molar-refractivity contribution is 6.82. The normalized spacial score (nSPS) is 12.3. The SMILES string of the molecule is CC(C)[Si](C(C)C)(C(C)C)n1cc(Cc2ccc(NCc3ccccc3)cc2)c2cccnc21. The maximum atomic E-state index is 4.91. The molecule has 0 saturated heterocycles. The van der Waals surface area contributed by atoms with Gasteiger partial charge in [0.05, 0.1) is 0 Å². The first kappa shape index (κ1) is 24.3. The second kappa shape index (κ2) is 10.2. The standard InChI is InChI=1S/C30H39N3Si/c1-22(2)34(23(3)4,24(5)6)33-21-27(29-13-10-18-31-30(29)33)19-25-14-16-28(17-15-25)32-20-26-11-8-7-9-12-26/h7-18,21-24,32H,19-20H2,1-6H3. The molecule has 3 nitrogen and oxygen atoms in total. The molecule has 4 rings (SSSR count). The van der Waals surface area contributed by atoms with Gasteiger partial charge in [-0.25, -0.2) is 4.98 Å². The molecule has 0 aliphatic heterocycles. The Hall–Kier alpha value is -2.85. The zero-order chi connectivity index (χ0) is 24.3. The van der Waals surface area contributed by atoms with Crippen LogP contribution in [0.2, 0.25) is 16.6 Å². The van der Waals surface area contributed by atoms with Crippen molar-refractivity contribution in [2.45, 2.75) is 71.1 Å². The number of anilines is 1. The first-order valence-corrected chi connectivity index (χ1v) is 14.8. The van der Waals surface area contributed by atoms with Gasteiger partial charge in [0.2, 0.25) is 0 Å². The summed E-state index contributed by atoms with van der Waals surface area (Å²) in [5.41, 5.74) is 8.23. The molecule has 1 N–H and O–H groups in total. The highest BCUT2D eigenvalue weighted by Crippen LogP contribution is 2.44. The van der Waals surface area contributed by atoms with Gasteiger partial charge in [-0.05, 0) is 64.0 Å². The van der Waals surface area contributed by atoms with Gasteiger partial charge < -0.3 is 9.55 Å². The van der Waals surface area contributed by atoms with E-state index in [0.717, 1.165) is 18.7 Å². The summed E-state index contributed by atoms with van der Waals surface area (Å²) >= 11 is 0. The maximum Gasteiger partial charge on any atom is 0.171 e. The lowest BCUT2D eigenvalue weighted by Gasteiger charge is -2.44. The van der Waals surface area contributed by atoms with Gasteiger partial charge in [0.1, 0.15) is 5.65 Å².